The normalized spacial score (nSPS) is 11.2. The molecule has 0 aliphatic rings. The summed E-state index contributed by atoms with van der Waals surface area (Å²) in [7, 11) is 1.83. The zero-order valence-electron chi connectivity index (χ0n) is 17.6. The molecule has 32 heavy (non-hydrogen) atoms. The number of fused-ring (bicyclic) bond motifs is 1. The summed E-state index contributed by atoms with van der Waals surface area (Å²) < 4.78 is 1.84. The van der Waals surface area contributed by atoms with E-state index < -0.39 is 4.92 Å². The molecular formula is C20H23N6O5S+. The molecule has 0 saturated carbocycles. The van der Waals surface area contributed by atoms with E-state index in [0.29, 0.717) is 40.5 Å². The minimum absolute atomic E-state index is 0.0384. The van der Waals surface area contributed by atoms with E-state index in [-0.39, 0.29) is 24.8 Å². The lowest BCUT2D eigenvalue weighted by Gasteiger charge is -2.23. The molecular weight excluding hydrogens is 436 g/mol. The number of nitro groups is 1. The van der Waals surface area contributed by atoms with Gasteiger partial charge in [0.15, 0.2) is 18.6 Å². The van der Waals surface area contributed by atoms with Crippen LogP contribution in [-0.4, -0.2) is 47.3 Å². The second-order valence-corrected chi connectivity index (χ2v) is 7.99. The van der Waals surface area contributed by atoms with Crippen molar-refractivity contribution < 1.29 is 23.9 Å². The number of anilines is 2. The predicted molar refractivity (Wildman–Crippen MR) is 121 cm³/mol. The maximum atomic E-state index is 11.7. The van der Waals surface area contributed by atoms with Crippen molar-refractivity contribution in [3.05, 3.63) is 46.5 Å². The van der Waals surface area contributed by atoms with Gasteiger partial charge in [-0.25, -0.2) is 0 Å². The number of nitrogens with one attached hydrogen (secondary N) is 1. The highest BCUT2D eigenvalue weighted by atomic mass is 32.1. The number of hydrogen-bond acceptors (Lipinski definition) is 9. The van der Waals surface area contributed by atoms with Crippen LogP contribution in [-0.2, 0) is 11.8 Å². The van der Waals surface area contributed by atoms with Gasteiger partial charge in [-0.05, 0) is 18.2 Å². The van der Waals surface area contributed by atoms with E-state index in [0.717, 1.165) is 5.52 Å². The van der Waals surface area contributed by atoms with Crippen molar-refractivity contribution in [1.82, 2.24) is 0 Å². The summed E-state index contributed by atoms with van der Waals surface area (Å²) in [6.07, 6.45) is 0. The molecule has 3 N–H and O–H groups in total. The summed E-state index contributed by atoms with van der Waals surface area (Å²) in [5.41, 5.74) is 2.25. The van der Waals surface area contributed by atoms with Crippen molar-refractivity contribution in [2.75, 3.05) is 36.5 Å². The number of non-ortho nitro benzene ring substituents is 1. The fourth-order valence-electron chi connectivity index (χ4n) is 3.19. The zero-order chi connectivity index (χ0) is 23.3. The molecule has 0 radical (unpaired) electrons. The van der Waals surface area contributed by atoms with Gasteiger partial charge in [0.25, 0.3) is 5.69 Å². The number of carbonyl (C=O) groups excluding carboxylic acids is 1. The standard InChI is InChI=1S/C20H22N6O5S/c1-13(29)21-18-12-14(25(7-9-27)8-10-28)3-5-17(18)22-23-20-16-11-15(26(30)31)4-6-19(16)24(2)32-20/h3-6,11-12,27-28H,7-10H2,1-2H3/p+1. The van der Waals surface area contributed by atoms with Crippen LogP contribution in [0.3, 0.4) is 0 Å². The minimum Gasteiger partial charge on any atom is -0.395 e. The summed E-state index contributed by atoms with van der Waals surface area (Å²) in [5, 5.41) is 42.1. The molecule has 0 fully saturated rings. The number of benzene rings is 2. The molecule has 1 heterocycles. The minimum atomic E-state index is -0.462. The SMILES string of the molecule is CC(=O)Nc1cc(N(CCO)CCO)ccc1N=Nc1s[n+](C)c2ccc([N+](=O)[O-])cc12. The first-order valence-electron chi connectivity index (χ1n) is 9.71. The van der Waals surface area contributed by atoms with E-state index in [2.05, 4.69) is 15.5 Å². The van der Waals surface area contributed by atoms with Crippen LogP contribution in [0, 0.1) is 10.1 Å². The monoisotopic (exact) mass is 459 g/mol. The second kappa shape index (κ2) is 10.2. The Morgan fingerprint density at radius 1 is 1.19 bits per heavy atom. The van der Waals surface area contributed by atoms with Gasteiger partial charge in [-0.2, -0.15) is 0 Å². The fourth-order valence-corrected chi connectivity index (χ4v) is 4.05. The number of rotatable bonds is 9. The van der Waals surface area contributed by atoms with E-state index in [1.807, 2.05) is 11.0 Å². The van der Waals surface area contributed by atoms with Gasteiger partial charge in [-0.1, -0.05) is 0 Å². The Morgan fingerprint density at radius 2 is 1.91 bits per heavy atom. The number of nitrogens with zero attached hydrogens (tertiary/aromatic N) is 5. The Morgan fingerprint density at radius 3 is 2.53 bits per heavy atom. The van der Waals surface area contributed by atoms with Crippen LogP contribution in [0.15, 0.2) is 46.6 Å². The first-order chi connectivity index (χ1) is 15.3. The third-order valence-corrected chi connectivity index (χ3v) is 5.57. The highest BCUT2D eigenvalue weighted by Crippen LogP contribution is 2.35. The Labute approximate surface area is 187 Å². The van der Waals surface area contributed by atoms with Gasteiger partial charge in [-0.15, -0.1) is 14.2 Å². The van der Waals surface area contributed by atoms with Crippen molar-refractivity contribution in [3.8, 4) is 0 Å². The fraction of sp³-hybridized carbons (Fsp3) is 0.300. The van der Waals surface area contributed by atoms with Crippen LogP contribution in [0.1, 0.15) is 6.92 Å². The van der Waals surface area contributed by atoms with E-state index >= 15 is 0 Å². The molecule has 0 aliphatic carbocycles. The number of nitro benzene ring substituents is 1. The highest BCUT2D eigenvalue weighted by molar-refractivity contribution is 7.07. The van der Waals surface area contributed by atoms with Crippen molar-refractivity contribution >= 4 is 56.1 Å². The van der Waals surface area contributed by atoms with Crippen molar-refractivity contribution in [2.24, 2.45) is 17.3 Å². The number of aryl methyl sites for hydroxylation is 1. The maximum Gasteiger partial charge on any atom is 0.270 e. The van der Waals surface area contributed by atoms with Crippen molar-refractivity contribution in [3.63, 3.8) is 0 Å². The quantitative estimate of drug-likeness (QED) is 0.194. The maximum absolute atomic E-state index is 11.7. The molecule has 12 heteroatoms. The predicted octanol–water partition coefficient (Wildman–Crippen LogP) is 2.80. The van der Waals surface area contributed by atoms with Crippen LogP contribution in [0.25, 0.3) is 10.9 Å². The van der Waals surface area contributed by atoms with Crippen molar-refractivity contribution in [2.45, 2.75) is 6.92 Å². The number of aliphatic hydroxyl groups excluding tert-OH is 2. The zero-order valence-corrected chi connectivity index (χ0v) is 18.4. The lowest BCUT2D eigenvalue weighted by molar-refractivity contribution is -0.573. The Hall–Kier alpha value is -3.48. The van der Waals surface area contributed by atoms with E-state index in [4.69, 9.17) is 0 Å². The topological polar surface area (TPSA) is 145 Å². The van der Waals surface area contributed by atoms with Gasteiger partial charge in [0.2, 0.25) is 16.4 Å². The van der Waals surface area contributed by atoms with Gasteiger partial charge in [-0.3, -0.25) is 14.9 Å². The molecule has 1 amide bonds. The van der Waals surface area contributed by atoms with E-state index in [1.165, 1.54) is 30.6 Å². The van der Waals surface area contributed by atoms with Crippen LogP contribution in [0.5, 0.6) is 0 Å². The molecule has 0 bridgehead atoms. The van der Waals surface area contributed by atoms with Gasteiger partial charge in [0.1, 0.15) is 5.69 Å². The number of azo groups is 1. The lowest BCUT2D eigenvalue weighted by atomic mass is 10.2. The van der Waals surface area contributed by atoms with E-state index in [9.17, 15) is 25.1 Å². The van der Waals surface area contributed by atoms with Gasteiger partial charge >= 0.3 is 0 Å². The molecule has 3 rings (SSSR count). The number of carbonyl (C=O) groups is 1. The van der Waals surface area contributed by atoms with Crippen LogP contribution in [0.2, 0.25) is 0 Å². The first-order valence-corrected chi connectivity index (χ1v) is 10.5. The summed E-state index contributed by atoms with van der Waals surface area (Å²) >= 11 is 1.29. The lowest BCUT2D eigenvalue weighted by Crippen LogP contribution is -2.29. The summed E-state index contributed by atoms with van der Waals surface area (Å²) in [4.78, 5) is 24.2. The molecule has 0 unspecified atom stereocenters. The van der Waals surface area contributed by atoms with Crippen LogP contribution < -0.4 is 14.2 Å². The molecule has 3 aromatic rings. The molecule has 0 spiro atoms. The second-order valence-electron chi connectivity index (χ2n) is 6.87. The third kappa shape index (κ3) is 5.22. The molecule has 1 aromatic heterocycles. The number of amides is 1. The Kier molecular flexibility index (Phi) is 7.41. The molecule has 0 saturated heterocycles. The van der Waals surface area contributed by atoms with E-state index in [1.54, 1.807) is 29.2 Å². The molecule has 0 aliphatic heterocycles. The van der Waals surface area contributed by atoms with Crippen LogP contribution in [0.4, 0.5) is 27.8 Å². The van der Waals surface area contributed by atoms with Crippen molar-refractivity contribution in [1.29, 1.82) is 0 Å². The molecule has 11 nitrogen and oxygen atoms in total. The number of aliphatic hydroxyl groups is 2. The number of hydrogen-bond donors (Lipinski definition) is 3. The smallest absolute Gasteiger partial charge is 0.270 e. The van der Waals surface area contributed by atoms with Gasteiger partial charge < -0.3 is 20.4 Å². The average Bonchev–Trinajstić information content (AvgIpc) is 3.07. The molecule has 0 atom stereocenters. The Bertz CT molecular complexity index is 1170. The molecule has 168 valence electrons. The third-order valence-electron chi connectivity index (χ3n) is 4.63. The first kappa shape index (κ1) is 23.2. The average molecular weight is 460 g/mol. The summed E-state index contributed by atoms with van der Waals surface area (Å²) in [5.74, 6) is -0.293. The van der Waals surface area contributed by atoms with Gasteiger partial charge in [0.05, 0.1) is 29.2 Å². The largest absolute Gasteiger partial charge is 0.395 e. The summed E-state index contributed by atoms with van der Waals surface area (Å²) in [6, 6.07) is 9.68. The van der Waals surface area contributed by atoms with Gasteiger partial charge in [0, 0.05) is 43.9 Å². The number of aromatic nitrogens is 1. The highest BCUT2D eigenvalue weighted by Gasteiger charge is 2.20. The molecule has 2 aromatic carbocycles. The summed E-state index contributed by atoms with van der Waals surface area (Å²) in [6.45, 7) is 1.82. The Balaban J connectivity index is 2.01. The van der Waals surface area contributed by atoms with Crippen LogP contribution >= 0.6 is 11.5 Å².